The number of benzene rings is 1. The van der Waals surface area contributed by atoms with Crippen LogP contribution in [0.5, 0.6) is 0 Å². The van der Waals surface area contributed by atoms with Gasteiger partial charge < -0.3 is 19.3 Å². The van der Waals surface area contributed by atoms with Gasteiger partial charge in [-0.05, 0) is 52.3 Å². The SMILES string of the molecule is C=C(C)c1cc(C(=O)OC)cc2sc(N3CCN(C(=O)OC(C)(C)C)C[C@H]3C)nc12. The van der Waals surface area contributed by atoms with Crippen molar-refractivity contribution in [3.05, 3.63) is 29.8 Å². The van der Waals surface area contributed by atoms with Crippen LogP contribution in [0, 0.1) is 0 Å². The quantitative estimate of drug-likeness (QED) is 0.664. The predicted molar refractivity (Wildman–Crippen MR) is 120 cm³/mol. The van der Waals surface area contributed by atoms with Gasteiger partial charge in [0.2, 0.25) is 0 Å². The minimum atomic E-state index is -0.513. The number of anilines is 1. The summed E-state index contributed by atoms with van der Waals surface area (Å²) in [5.74, 6) is -0.381. The Morgan fingerprint density at radius 3 is 2.53 bits per heavy atom. The number of allylic oxidation sites excluding steroid dienone is 1. The lowest BCUT2D eigenvalue weighted by atomic mass is 10.0. The molecule has 2 heterocycles. The first-order chi connectivity index (χ1) is 14.0. The van der Waals surface area contributed by atoms with E-state index in [4.69, 9.17) is 14.5 Å². The molecular weight excluding hydrogens is 402 g/mol. The number of ether oxygens (including phenoxy) is 2. The Morgan fingerprint density at radius 1 is 1.27 bits per heavy atom. The summed E-state index contributed by atoms with van der Waals surface area (Å²) in [6, 6.07) is 3.68. The van der Waals surface area contributed by atoms with Crippen LogP contribution in [0.2, 0.25) is 0 Å². The number of methoxy groups -OCH3 is 1. The van der Waals surface area contributed by atoms with Gasteiger partial charge in [0.25, 0.3) is 0 Å². The highest BCUT2D eigenvalue weighted by Crippen LogP contribution is 2.35. The third-order valence-electron chi connectivity index (χ3n) is 4.89. The molecule has 8 heteroatoms. The largest absolute Gasteiger partial charge is 0.465 e. The summed E-state index contributed by atoms with van der Waals surface area (Å²) >= 11 is 1.53. The molecule has 0 saturated carbocycles. The molecule has 0 aliphatic carbocycles. The fourth-order valence-electron chi connectivity index (χ4n) is 3.44. The molecule has 1 fully saturated rings. The van der Waals surface area contributed by atoms with Crippen molar-refractivity contribution in [1.29, 1.82) is 0 Å². The van der Waals surface area contributed by atoms with Gasteiger partial charge in [0.15, 0.2) is 5.13 Å². The van der Waals surface area contributed by atoms with E-state index in [1.165, 1.54) is 18.4 Å². The van der Waals surface area contributed by atoms with Crippen molar-refractivity contribution < 1.29 is 19.1 Å². The Morgan fingerprint density at radius 2 is 1.97 bits per heavy atom. The Balaban J connectivity index is 1.87. The Bertz CT molecular complexity index is 992. The fourth-order valence-corrected chi connectivity index (χ4v) is 4.60. The molecule has 0 N–H and O–H groups in total. The lowest BCUT2D eigenvalue weighted by Crippen LogP contribution is -2.54. The molecule has 0 unspecified atom stereocenters. The van der Waals surface area contributed by atoms with E-state index in [0.717, 1.165) is 26.5 Å². The number of fused-ring (bicyclic) bond motifs is 1. The first-order valence-corrected chi connectivity index (χ1v) is 10.7. The fraction of sp³-hybridized carbons (Fsp3) is 0.500. The molecule has 1 amide bonds. The maximum Gasteiger partial charge on any atom is 0.410 e. The van der Waals surface area contributed by atoms with E-state index in [-0.39, 0.29) is 18.1 Å². The zero-order chi connectivity index (χ0) is 22.2. The van der Waals surface area contributed by atoms with Crippen LogP contribution in [0.1, 0.15) is 50.5 Å². The number of nitrogens with zero attached hydrogens (tertiary/aromatic N) is 3. The van der Waals surface area contributed by atoms with Crippen LogP contribution in [0.3, 0.4) is 0 Å². The third-order valence-corrected chi connectivity index (χ3v) is 5.93. The number of piperazine rings is 1. The van der Waals surface area contributed by atoms with Crippen LogP contribution >= 0.6 is 11.3 Å². The Kier molecular flexibility index (Phi) is 6.08. The minimum Gasteiger partial charge on any atom is -0.465 e. The van der Waals surface area contributed by atoms with Gasteiger partial charge >= 0.3 is 12.1 Å². The average Bonchev–Trinajstić information content (AvgIpc) is 3.08. The summed E-state index contributed by atoms with van der Waals surface area (Å²) < 4.78 is 11.3. The predicted octanol–water partition coefficient (Wildman–Crippen LogP) is 4.56. The number of hydrogen-bond acceptors (Lipinski definition) is 7. The summed E-state index contributed by atoms with van der Waals surface area (Å²) in [7, 11) is 1.37. The molecule has 1 saturated heterocycles. The van der Waals surface area contributed by atoms with E-state index < -0.39 is 5.60 Å². The number of aromatic nitrogens is 1. The number of carbonyl (C=O) groups is 2. The number of esters is 1. The van der Waals surface area contributed by atoms with Gasteiger partial charge in [0.1, 0.15) is 5.60 Å². The monoisotopic (exact) mass is 431 g/mol. The molecule has 1 aromatic carbocycles. The second kappa shape index (κ2) is 8.26. The van der Waals surface area contributed by atoms with Crippen molar-refractivity contribution in [2.45, 2.75) is 46.3 Å². The first kappa shape index (κ1) is 22.1. The van der Waals surface area contributed by atoms with Crippen molar-refractivity contribution in [1.82, 2.24) is 9.88 Å². The highest BCUT2D eigenvalue weighted by atomic mass is 32.1. The van der Waals surface area contributed by atoms with Crippen molar-refractivity contribution >= 4 is 44.3 Å². The van der Waals surface area contributed by atoms with Gasteiger partial charge in [0, 0.05) is 31.2 Å². The molecule has 30 heavy (non-hydrogen) atoms. The van der Waals surface area contributed by atoms with Gasteiger partial charge in [-0.15, -0.1) is 0 Å². The summed E-state index contributed by atoms with van der Waals surface area (Å²) in [6.07, 6.45) is -0.286. The van der Waals surface area contributed by atoms with E-state index in [2.05, 4.69) is 18.4 Å². The van der Waals surface area contributed by atoms with E-state index in [9.17, 15) is 9.59 Å². The van der Waals surface area contributed by atoms with E-state index in [0.29, 0.717) is 25.2 Å². The zero-order valence-electron chi connectivity index (χ0n) is 18.4. The lowest BCUT2D eigenvalue weighted by molar-refractivity contribution is 0.0218. The Hall–Kier alpha value is -2.61. The van der Waals surface area contributed by atoms with E-state index in [1.807, 2.05) is 33.8 Å². The number of thiazole rings is 1. The van der Waals surface area contributed by atoms with Crippen molar-refractivity contribution in [2.24, 2.45) is 0 Å². The highest BCUT2D eigenvalue weighted by molar-refractivity contribution is 7.22. The van der Waals surface area contributed by atoms with Gasteiger partial charge in [0.05, 0.1) is 22.9 Å². The van der Waals surface area contributed by atoms with Crippen LogP contribution in [0.4, 0.5) is 9.93 Å². The van der Waals surface area contributed by atoms with Gasteiger partial charge in [-0.2, -0.15) is 0 Å². The number of rotatable bonds is 3. The standard InChI is InChI=1S/C22H29N3O4S/c1-13(2)16-10-15(19(26)28-7)11-17-18(16)23-20(30-17)25-9-8-24(12-14(25)3)21(27)29-22(4,5)6/h10-11,14H,1,8-9,12H2,2-7H3/t14-/m1/s1. The topological polar surface area (TPSA) is 72.0 Å². The van der Waals surface area contributed by atoms with Crippen molar-refractivity contribution in [3.63, 3.8) is 0 Å². The van der Waals surface area contributed by atoms with Gasteiger partial charge in [-0.3, -0.25) is 0 Å². The second-order valence-electron chi connectivity index (χ2n) is 8.61. The minimum absolute atomic E-state index is 0.0835. The first-order valence-electron chi connectivity index (χ1n) is 9.93. The van der Waals surface area contributed by atoms with Crippen molar-refractivity contribution in [2.75, 3.05) is 31.6 Å². The number of carbonyl (C=O) groups excluding carboxylic acids is 2. The summed E-state index contributed by atoms with van der Waals surface area (Å²) in [4.78, 5) is 33.3. The summed E-state index contributed by atoms with van der Waals surface area (Å²) in [6.45, 7) is 15.4. The van der Waals surface area contributed by atoms with E-state index >= 15 is 0 Å². The molecule has 0 bridgehead atoms. The maximum absolute atomic E-state index is 12.4. The molecule has 0 spiro atoms. The van der Waals surface area contributed by atoms with Crippen LogP contribution < -0.4 is 4.90 Å². The normalized spacial score (nSPS) is 17.2. The molecule has 1 aliphatic rings. The second-order valence-corrected chi connectivity index (χ2v) is 9.62. The average molecular weight is 432 g/mol. The summed E-state index contributed by atoms with van der Waals surface area (Å²) in [5.41, 5.74) is 2.49. The molecule has 2 aromatic rings. The van der Waals surface area contributed by atoms with E-state index in [1.54, 1.807) is 11.0 Å². The molecule has 7 nitrogen and oxygen atoms in total. The molecule has 3 rings (SSSR count). The molecule has 1 atom stereocenters. The number of amides is 1. The molecule has 0 radical (unpaired) electrons. The smallest absolute Gasteiger partial charge is 0.410 e. The maximum atomic E-state index is 12.4. The summed E-state index contributed by atoms with van der Waals surface area (Å²) in [5, 5.41) is 0.867. The highest BCUT2D eigenvalue weighted by Gasteiger charge is 2.31. The third kappa shape index (κ3) is 4.59. The Labute approximate surface area is 181 Å². The van der Waals surface area contributed by atoms with Crippen LogP contribution in [0.15, 0.2) is 18.7 Å². The van der Waals surface area contributed by atoms with Crippen LogP contribution in [0.25, 0.3) is 15.8 Å². The molecule has 162 valence electrons. The molecular formula is C22H29N3O4S. The van der Waals surface area contributed by atoms with Crippen LogP contribution in [-0.4, -0.2) is 60.3 Å². The van der Waals surface area contributed by atoms with Crippen LogP contribution in [-0.2, 0) is 9.47 Å². The molecule has 1 aromatic heterocycles. The van der Waals surface area contributed by atoms with Crippen molar-refractivity contribution in [3.8, 4) is 0 Å². The molecule has 1 aliphatic heterocycles. The van der Waals surface area contributed by atoms with Gasteiger partial charge in [-0.25, -0.2) is 14.6 Å². The zero-order valence-corrected chi connectivity index (χ0v) is 19.3. The number of hydrogen-bond donors (Lipinski definition) is 0. The van der Waals surface area contributed by atoms with Gasteiger partial charge in [-0.1, -0.05) is 17.9 Å². The lowest BCUT2D eigenvalue weighted by Gasteiger charge is -2.40.